The first-order chi connectivity index (χ1) is 14.8. The fourth-order valence-electron chi connectivity index (χ4n) is 4.46. The monoisotopic (exact) mass is 412 g/mol. The molecule has 1 aromatic heterocycles. The third-order valence-electron chi connectivity index (χ3n) is 6.03. The van der Waals surface area contributed by atoms with Gasteiger partial charge in [-0.3, -0.25) is 10.4 Å². The van der Waals surface area contributed by atoms with Crippen molar-refractivity contribution in [2.75, 3.05) is 40.4 Å². The van der Waals surface area contributed by atoms with Crippen LogP contribution in [0.15, 0.2) is 42.7 Å². The number of hydrogen-bond donors (Lipinski definition) is 2. The molecule has 2 aliphatic rings. The first-order valence-electron chi connectivity index (χ1n) is 10.7. The standard InChI is InChI=1S/C23H32N4O3/c1-28-19-7-8-21(22(11-19)29-2)23-18(13-25-26-23)14-27-10-4-6-20(15-27)30-16-17-5-3-9-24-12-17/h3,5,7-9,11-12,18,20,23,25-26H,4,6,10,13-16H2,1-2H3. The van der Waals surface area contributed by atoms with Crippen LogP contribution in [0.4, 0.5) is 0 Å². The molecule has 7 nitrogen and oxygen atoms in total. The zero-order valence-corrected chi connectivity index (χ0v) is 17.8. The molecule has 7 heteroatoms. The fourth-order valence-corrected chi connectivity index (χ4v) is 4.46. The van der Waals surface area contributed by atoms with Crippen LogP contribution in [0.25, 0.3) is 0 Å². The van der Waals surface area contributed by atoms with Gasteiger partial charge in [-0.15, -0.1) is 0 Å². The van der Waals surface area contributed by atoms with E-state index < -0.39 is 0 Å². The summed E-state index contributed by atoms with van der Waals surface area (Å²) in [6.45, 7) is 4.67. The number of rotatable bonds is 8. The Morgan fingerprint density at radius 2 is 2.13 bits per heavy atom. The molecule has 4 rings (SSSR count). The van der Waals surface area contributed by atoms with Crippen LogP contribution < -0.4 is 20.3 Å². The van der Waals surface area contributed by atoms with Gasteiger partial charge >= 0.3 is 0 Å². The summed E-state index contributed by atoms with van der Waals surface area (Å²) in [4.78, 5) is 6.71. The second-order valence-corrected chi connectivity index (χ2v) is 8.07. The van der Waals surface area contributed by atoms with Crippen molar-refractivity contribution in [2.45, 2.75) is 31.6 Å². The third kappa shape index (κ3) is 5.10. The number of methoxy groups -OCH3 is 2. The quantitative estimate of drug-likeness (QED) is 0.691. The molecule has 0 radical (unpaired) electrons. The highest BCUT2D eigenvalue weighted by Crippen LogP contribution is 2.35. The minimum atomic E-state index is 0.197. The summed E-state index contributed by atoms with van der Waals surface area (Å²) >= 11 is 0. The van der Waals surface area contributed by atoms with Crippen LogP contribution in [-0.2, 0) is 11.3 Å². The van der Waals surface area contributed by atoms with Gasteiger partial charge in [-0.1, -0.05) is 12.1 Å². The van der Waals surface area contributed by atoms with Crippen molar-refractivity contribution in [1.29, 1.82) is 0 Å². The maximum absolute atomic E-state index is 6.19. The number of hydrogen-bond acceptors (Lipinski definition) is 7. The Balaban J connectivity index is 1.36. The van der Waals surface area contributed by atoms with Gasteiger partial charge < -0.3 is 19.1 Å². The zero-order valence-electron chi connectivity index (χ0n) is 17.8. The topological polar surface area (TPSA) is 67.9 Å². The lowest BCUT2D eigenvalue weighted by atomic mass is 9.92. The van der Waals surface area contributed by atoms with Crippen LogP contribution in [0.3, 0.4) is 0 Å². The number of nitrogens with zero attached hydrogens (tertiary/aromatic N) is 2. The minimum Gasteiger partial charge on any atom is -0.497 e. The normalized spacial score (nSPS) is 24.7. The van der Waals surface area contributed by atoms with Gasteiger partial charge in [0.15, 0.2) is 0 Å². The first kappa shape index (κ1) is 21.1. The molecule has 0 bridgehead atoms. The lowest BCUT2D eigenvalue weighted by Gasteiger charge is -2.35. The van der Waals surface area contributed by atoms with Crippen LogP contribution in [0.5, 0.6) is 11.5 Å². The van der Waals surface area contributed by atoms with E-state index in [-0.39, 0.29) is 12.1 Å². The summed E-state index contributed by atoms with van der Waals surface area (Å²) in [6.07, 6.45) is 6.23. The summed E-state index contributed by atoms with van der Waals surface area (Å²) < 4.78 is 17.2. The van der Waals surface area contributed by atoms with Crippen molar-refractivity contribution in [2.24, 2.45) is 5.92 Å². The summed E-state index contributed by atoms with van der Waals surface area (Å²) in [5.74, 6) is 2.11. The van der Waals surface area contributed by atoms with E-state index in [2.05, 4.69) is 32.9 Å². The minimum absolute atomic E-state index is 0.197. The molecule has 0 amide bonds. The summed E-state index contributed by atoms with van der Waals surface area (Å²) in [5.41, 5.74) is 9.09. The Labute approximate surface area is 178 Å². The van der Waals surface area contributed by atoms with Gasteiger partial charge in [0.1, 0.15) is 11.5 Å². The summed E-state index contributed by atoms with van der Waals surface area (Å²) in [6, 6.07) is 10.3. The molecule has 3 atom stereocenters. The number of nitrogens with one attached hydrogen (secondary N) is 2. The Morgan fingerprint density at radius 3 is 2.93 bits per heavy atom. The van der Waals surface area contributed by atoms with Gasteiger partial charge in [-0.25, -0.2) is 5.43 Å². The maximum Gasteiger partial charge on any atom is 0.127 e. The third-order valence-corrected chi connectivity index (χ3v) is 6.03. The maximum atomic E-state index is 6.19. The molecular formula is C23H32N4O3. The molecule has 2 saturated heterocycles. The summed E-state index contributed by atoms with van der Waals surface area (Å²) in [5, 5.41) is 0. The Morgan fingerprint density at radius 1 is 1.20 bits per heavy atom. The van der Waals surface area contributed by atoms with Crippen molar-refractivity contribution in [3.8, 4) is 11.5 Å². The van der Waals surface area contributed by atoms with E-state index in [0.29, 0.717) is 12.5 Å². The number of piperidine rings is 1. The Hall–Kier alpha value is -2.19. The first-order valence-corrected chi connectivity index (χ1v) is 10.7. The molecule has 0 spiro atoms. The predicted octanol–water partition coefficient (Wildman–Crippen LogP) is 2.55. The van der Waals surface area contributed by atoms with E-state index in [9.17, 15) is 0 Å². The van der Waals surface area contributed by atoms with Crippen LogP contribution >= 0.6 is 0 Å². The van der Waals surface area contributed by atoms with Crippen molar-refractivity contribution in [3.05, 3.63) is 53.9 Å². The van der Waals surface area contributed by atoms with E-state index in [0.717, 1.165) is 55.2 Å². The van der Waals surface area contributed by atoms with Gasteiger partial charge in [-0.2, -0.15) is 0 Å². The van der Waals surface area contributed by atoms with Crippen molar-refractivity contribution in [1.82, 2.24) is 20.7 Å². The molecule has 2 fully saturated rings. The number of hydrazine groups is 1. The molecule has 3 unspecified atom stereocenters. The number of ether oxygens (including phenoxy) is 3. The second-order valence-electron chi connectivity index (χ2n) is 8.07. The average Bonchev–Trinajstić information content (AvgIpc) is 3.26. The molecule has 1 aromatic carbocycles. The molecule has 30 heavy (non-hydrogen) atoms. The average molecular weight is 413 g/mol. The van der Waals surface area contributed by atoms with Crippen molar-refractivity contribution < 1.29 is 14.2 Å². The largest absolute Gasteiger partial charge is 0.497 e. The van der Waals surface area contributed by atoms with Crippen LogP contribution in [0.2, 0.25) is 0 Å². The molecule has 2 aliphatic heterocycles. The van der Waals surface area contributed by atoms with Crippen molar-refractivity contribution in [3.63, 3.8) is 0 Å². The molecule has 2 N–H and O–H groups in total. The number of likely N-dealkylation sites (tertiary alicyclic amines) is 1. The number of benzene rings is 1. The Kier molecular flexibility index (Phi) is 7.17. The van der Waals surface area contributed by atoms with Gasteiger partial charge in [0.05, 0.1) is 33.0 Å². The predicted molar refractivity (Wildman–Crippen MR) is 115 cm³/mol. The lowest BCUT2D eigenvalue weighted by molar-refractivity contribution is -0.0136. The van der Waals surface area contributed by atoms with E-state index in [1.165, 1.54) is 6.42 Å². The Bertz CT molecular complexity index is 804. The lowest BCUT2D eigenvalue weighted by Crippen LogP contribution is -2.43. The zero-order chi connectivity index (χ0) is 20.8. The van der Waals surface area contributed by atoms with Crippen molar-refractivity contribution >= 4 is 0 Å². The van der Waals surface area contributed by atoms with Crippen LogP contribution in [0, 0.1) is 5.92 Å². The molecule has 0 aliphatic carbocycles. The molecule has 3 heterocycles. The molecule has 0 saturated carbocycles. The number of aromatic nitrogens is 1. The van der Waals surface area contributed by atoms with E-state index in [4.69, 9.17) is 14.2 Å². The van der Waals surface area contributed by atoms with Gasteiger partial charge in [-0.05, 0) is 37.1 Å². The SMILES string of the molecule is COc1ccc(C2NNCC2CN2CCCC(OCc3cccnc3)C2)c(OC)c1. The molecule has 2 aromatic rings. The number of pyridine rings is 1. The van der Waals surface area contributed by atoms with Gasteiger partial charge in [0.25, 0.3) is 0 Å². The van der Waals surface area contributed by atoms with E-state index in [1.54, 1.807) is 20.4 Å². The molecular weight excluding hydrogens is 380 g/mol. The fraction of sp³-hybridized carbons (Fsp3) is 0.522. The van der Waals surface area contributed by atoms with Crippen LogP contribution in [0.1, 0.15) is 30.0 Å². The van der Waals surface area contributed by atoms with E-state index >= 15 is 0 Å². The highest BCUT2D eigenvalue weighted by molar-refractivity contribution is 5.43. The van der Waals surface area contributed by atoms with Gasteiger partial charge in [0.2, 0.25) is 0 Å². The second kappa shape index (κ2) is 10.2. The van der Waals surface area contributed by atoms with Crippen LogP contribution in [-0.4, -0.2) is 56.4 Å². The highest BCUT2D eigenvalue weighted by atomic mass is 16.5. The van der Waals surface area contributed by atoms with Gasteiger partial charge in [0, 0.05) is 49.6 Å². The highest BCUT2D eigenvalue weighted by Gasteiger charge is 2.33. The smallest absolute Gasteiger partial charge is 0.127 e. The summed E-state index contributed by atoms with van der Waals surface area (Å²) in [7, 11) is 3.39. The van der Waals surface area contributed by atoms with E-state index in [1.807, 2.05) is 24.4 Å². The molecule has 162 valence electrons.